The van der Waals surface area contributed by atoms with Crippen LogP contribution in [0.2, 0.25) is 0 Å². The molecule has 0 saturated carbocycles. The SMILES string of the molecule is Cc1ccc(NC(=S)NCc2ccccc2CN2CCCCC2)cc1C. The minimum atomic E-state index is 0.668. The summed E-state index contributed by atoms with van der Waals surface area (Å²) in [6, 6.07) is 15.0. The highest BCUT2D eigenvalue weighted by Crippen LogP contribution is 2.17. The molecule has 3 rings (SSSR count). The lowest BCUT2D eigenvalue weighted by Crippen LogP contribution is -2.31. The van der Waals surface area contributed by atoms with E-state index < -0.39 is 0 Å². The highest BCUT2D eigenvalue weighted by atomic mass is 32.1. The van der Waals surface area contributed by atoms with Crippen LogP contribution < -0.4 is 10.6 Å². The standard InChI is InChI=1S/C22H29N3S/c1-17-10-11-21(14-18(17)2)24-22(26)23-15-19-8-4-5-9-20(19)16-25-12-6-3-7-13-25/h4-5,8-11,14H,3,6-7,12-13,15-16H2,1-2H3,(H2,23,24,26). The van der Waals surface area contributed by atoms with Gasteiger partial charge in [0.2, 0.25) is 0 Å². The lowest BCUT2D eigenvalue weighted by molar-refractivity contribution is 0.220. The average molecular weight is 368 g/mol. The fourth-order valence-corrected chi connectivity index (χ4v) is 3.60. The number of piperidine rings is 1. The summed E-state index contributed by atoms with van der Waals surface area (Å²) < 4.78 is 0. The number of anilines is 1. The summed E-state index contributed by atoms with van der Waals surface area (Å²) in [5.41, 5.74) is 6.32. The van der Waals surface area contributed by atoms with Crippen molar-refractivity contribution in [3.63, 3.8) is 0 Å². The molecule has 1 saturated heterocycles. The molecule has 3 nitrogen and oxygen atoms in total. The Bertz CT molecular complexity index is 751. The summed E-state index contributed by atoms with van der Waals surface area (Å²) >= 11 is 5.48. The van der Waals surface area contributed by atoms with Crippen LogP contribution in [-0.4, -0.2) is 23.1 Å². The van der Waals surface area contributed by atoms with Crippen molar-refractivity contribution in [1.82, 2.24) is 10.2 Å². The smallest absolute Gasteiger partial charge is 0.171 e. The summed E-state index contributed by atoms with van der Waals surface area (Å²) in [7, 11) is 0. The molecule has 0 bridgehead atoms. The molecule has 0 atom stereocenters. The van der Waals surface area contributed by atoms with Crippen LogP contribution in [0.15, 0.2) is 42.5 Å². The minimum Gasteiger partial charge on any atom is -0.358 e. The van der Waals surface area contributed by atoms with Crippen molar-refractivity contribution in [3.8, 4) is 0 Å². The van der Waals surface area contributed by atoms with Crippen LogP contribution in [-0.2, 0) is 13.1 Å². The lowest BCUT2D eigenvalue weighted by atomic mass is 10.0. The van der Waals surface area contributed by atoms with Crippen molar-refractivity contribution in [1.29, 1.82) is 0 Å². The number of likely N-dealkylation sites (tertiary alicyclic amines) is 1. The van der Waals surface area contributed by atoms with Gasteiger partial charge in [-0.15, -0.1) is 0 Å². The zero-order valence-electron chi connectivity index (χ0n) is 15.8. The number of aryl methyl sites for hydroxylation is 2. The summed E-state index contributed by atoms with van der Waals surface area (Å²) in [6.07, 6.45) is 4.02. The summed E-state index contributed by atoms with van der Waals surface area (Å²) in [4.78, 5) is 2.56. The summed E-state index contributed by atoms with van der Waals surface area (Å²) in [5, 5.41) is 7.32. The van der Waals surface area contributed by atoms with Crippen molar-refractivity contribution in [2.75, 3.05) is 18.4 Å². The van der Waals surface area contributed by atoms with Gasteiger partial charge in [0.15, 0.2) is 5.11 Å². The maximum Gasteiger partial charge on any atom is 0.171 e. The van der Waals surface area contributed by atoms with Crippen LogP contribution in [0.1, 0.15) is 41.5 Å². The van der Waals surface area contributed by atoms with Crippen molar-refractivity contribution >= 4 is 23.0 Å². The lowest BCUT2D eigenvalue weighted by Gasteiger charge is -2.27. The van der Waals surface area contributed by atoms with Crippen molar-refractivity contribution in [2.24, 2.45) is 0 Å². The van der Waals surface area contributed by atoms with Crippen LogP contribution >= 0.6 is 12.2 Å². The van der Waals surface area contributed by atoms with E-state index in [1.54, 1.807) is 0 Å². The number of nitrogens with zero attached hydrogens (tertiary/aromatic N) is 1. The predicted octanol–water partition coefficient (Wildman–Crippen LogP) is 4.78. The molecule has 4 heteroatoms. The first kappa shape index (κ1) is 18.9. The van der Waals surface area contributed by atoms with E-state index in [0.717, 1.165) is 18.8 Å². The molecule has 2 N–H and O–H groups in total. The zero-order valence-corrected chi connectivity index (χ0v) is 16.7. The Balaban J connectivity index is 1.56. The van der Waals surface area contributed by atoms with Crippen LogP contribution in [0.5, 0.6) is 0 Å². The van der Waals surface area contributed by atoms with E-state index in [-0.39, 0.29) is 0 Å². The van der Waals surface area contributed by atoms with Crippen LogP contribution in [0.3, 0.4) is 0 Å². The molecule has 1 fully saturated rings. The molecule has 1 aliphatic heterocycles. The maximum atomic E-state index is 5.48. The number of benzene rings is 2. The number of thiocarbonyl (C=S) groups is 1. The first-order chi connectivity index (χ1) is 12.6. The fourth-order valence-electron chi connectivity index (χ4n) is 3.41. The highest BCUT2D eigenvalue weighted by Gasteiger charge is 2.12. The highest BCUT2D eigenvalue weighted by molar-refractivity contribution is 7.80. The van der Waals surface area contributed by atoms with Crippen molar-refractivity contribution in [3.05, 3.63) is 64.7 Å². The first-order valence-electron chi connectivity index (χ1n) is 9.53. The van der Waals surface area contributed by atoms with E-state index >= 15 is 0 Å². The minimum absolute atomic E-state index is 0.668. The van der Waals surface area contributed by atoms with E-state index in [0.29, 0.717) is 5.11 Å². The predicted molar refractivity (Wildman–Crippen MR) is 115 cm³/mol. The molecule has 1 aliphatic rings. The van der Waals surface area contributed by atoms with Crippen LogP contribution in [0, 0.1) is 13.8 Å². The molecule has 26 heavy (non-hydrogen) atoms. The Kier molecular flexibility index (Phi) is 6.64. The molecule has 0 aliphatic carbocycles. The third kappa shape index (κ3) is 5.29. The number of hydrogen-bond acceptors (Lipinski definition) is 2. The second kappa shape index (κ2) is 9.15. The van der Waals surface area contributed by atoms with Crippen molar-refractivity contribution < 1.29 is 0 Å². The van der Waals surface area contributed by atoms with Gasteiger partial charge in [-0.3, -0.25) is 4.90 Å². The second-order valence-corrected chi connectivity index (χ2v) is 7.62. The van der Waals surface area contributed by atoms with Gasteiger partial charge in [-0.1, -0.05) is 36.8 Å². The Morgan fingerprint density at radius 2 is 1.69 bits per heavy atom. The summed E-state index contributed by atoms with van der Waals surface area (Å²) in [5.74, 6) is 0. The molecule has 0 spiro atoms. The van der Waals surface area contributed by atoms with E-state index in [2.05, 4.69) is 71.8 Å². The van der Waals surface area contributed by atoms with Gasteiger partial charge in [0.25, 0.3) is 0 Å². The molecule has 0 aromatic heterocycles. The third-order valence-electron chi connectivity index (χ3n) is 5.17. The monoisotopic (exact) mass is 367 g/mol. The van der Waals surface area contributed by atoms with E-state index in [4.69, 9.17) is 12.2 Å². The van der Waals surface area contributed by atoms with Gasteiger partial charge in [-0.2, -0.15) is 0 Å². The molecule has 1 heterocycles. The van der Waals surface area contributed by atoms with Gasteiger partial charge in [-0.05, 0) is 86.4 Å². The topological polar surface area (TPSA) is 27.3 Å². The van der Waals surface area contributed by atoms with Gasteiger partial charge in [-0.25, -0.2) is 0 Å². The quantitative estimate of drug-likeness (QED) is 0.744. The van der Waals surface area contributed by atoms with Gasteiger partial charge in [0.05, 0.1) is 0 Å². The van der Waals surface area contributed by atoms with Gasteiger partial charge in [0, 0.05) is 18.8 Å². The van der Waals surface area contributed by atoms with Crippen molar-refractivity contribution in [2.45, 2.75) is 46.2 Å². The molecule has 2 aromatic rings. The third-order valence-corrected chi connectivity index (χ3v) is 5.41. The Morgan fingerprint density at radius 3 is 2.42 bits per heavy atom. The number of rotatable bonds is 5. The van der Waals surface area contributed by atoms with Gasteiger partial charge < -0.3 is 10.6 Å². The Labute approximate surface area is 162 Å². The number of nitrogens with one attached hydrogen (secondary N) is 2. The number of hydrogen-bond donors (Lipinski definition) is 2. The average Bonchev–Trinajstić information content (AvgIpc) is 2.65. The van der Waals surface area contributed by atoms with Crippen LogP contribution in [0.4, 0.5) is 5.69 Å². The summed E-state index contributed by atoms with van der Waals surface area (Å²) in [6.45, 7) is 8.46. The van der Waals surface area contributed by atoms with E-state index in [1.165, 1.54) is 54.6 Å². The second-order valence-electron chi connectivity index (χ2n) is 7.21. The Hall–Kier alpha value is -1.91. The largest absolute Gasteiger partial charge is 0.358 e. The Morgan fingerprint density at radius 1 is 0.962 bits per heavy atom. The van der Waals surface area contributed by atoms with Gasteiger partial charge in [0.1, 0.15) is 0 Å². The fraction of sp³-hybridized carbons (Fsp3) is 0.409. The maximum absolute atomic E-state index is 5.48. The normalized spacial score (nSPS) is 14.8. The van der Waals surface area contributed by atoms with E-state index in [9.17, 15) is 0 Å². The molecule has 2 aromatic carbocycles. The first-order valence-corrected chi connectivity index (χ1v) is 9.94. The molecular formula is C22H29N3S. The van der Waals surface area contributed by atoms with E-state index in [1.807, 2.05) is 0 Å². The van der Waals surface area contributed by atoms with Gasteiger partial charge >= 0.3 is 0 Å². The zero-order chi connectivity index (χ0) is 18.4. The molecular weight excluding hydrogens is 338 g/mol. The molecule has 138 valence electrons. The molecule has 0 amide bonds. The molecule has 0 unspecified atom stereocenters. The van der Waals surface area contributed by atoms with Crippen LogP contribution in [0.25, 0.3) is 0 Å². The molecule has 0 radical (unpaired) electrons.